The molecule has 2 aromatic rings. The lowest BCUT2D eigenvalue weighted by molar-refractivity contribution is 0.571. The Morgan fingerprint density at radius 3 is 2.14 bits per heavy atom. The molecule has 1 aromatic heterocycles. The maximum Gasteiger partial charge on any atom is 0.240 e. The molecule has 0 fully saturated rings. The molecule has 0 amide bonds. The highest BCUT2D eigenvalue weighted by molar-refractivity contribution is 7.89. The van der Waals surface area contributed by atoms with Gasteiger partial charge in [0.2, 0.25) is 10.0 Å². The van der Waals surface area contributed by atoms with E-state index in [1.807, 2.05) is 41.2 Å². The van der Waals surface area contributed by atoms with Gasteiger partial charge in [-0.2, -0.15) is 0 Å². The van der Waals surface area contributed by atoms with Crippen molar-refractivity contribution in [2.45, 2.75) is 37.6 Å². The van der Waals surface area contributed by atoms with E-state index in [4.69, 9.17) is 0 Å². The third-order valence-corrected chi connectivity index (χ3v) is 4.84. The second kappa shape index (κ2) is 6.03. The summed E-state index contributed by atoms with van der Waals surface area (Å²) in [4.78, 5) is 0.308. The van der Waals surface area contributed by atoms with E-state index in [2.05, 4.69) is 25.5 Å². The molecule has 0 atom stereocenters. The summed E-state index contributed by atoms with van der Waals surface area (Å²) in [5.74, 6) is 0. The molecule has 1 aromatic carbocycles. The number of benzene rings is 1. The number of nitrogens with zero attached hydrogens (tertiary/aromatic N) is 1. The van der Waals surface area contributed by atoms with Crippen molar-refractivity contribution in [3.63, 3.8) is 0 Å². The molecule has 0 saturated heterocycles. The standard InChI is InChI=1S/C16H22N2O2S/c1-16(2,3)14-6-8-15(9-7-14)21(19,20)17-10-13-18-11-4-5-12-18/h4-9,11-12,17H,10,13H2,1-3H3. The van der Waals surface area contributed by atoms with E-state index < -0.39 is 10.0 Å². The minimum Gasteiger partial charge on any atom is -0.353 e. The first kappa shape index (κ1) is 15.8. The number of rotatable bonds is 5. The van der Waals surface area contributed by atoms with Gasteiger partial charge in [-0.15, -0.1) is 0 Å². The van der Waals surface area contributed by atoms with Crippen LogP contribution in [0.25, 0.3) is 0 Å². The Kier molecular flexibility index (Phi) is 4.54. The smallest absolute Gasteiger partial charge is 0.240 e. The summed E-state index contributed by atoms with van der Waals surface area (Å²) >= 11 is 0. The molecule has 0 aliphatic heterocycles. The summed E-state index contributed by atoms with van der Waals surface area (Å²) in [5, 5.41) is 0. The van der Waals surface area contributed by atoms with Crippen molar-refractivity contribution in [2.75, 3.05) is 6.54 Å². The van der Waals surface area contributed by atoms with Crippen LogP contribution in [0.1, 0.15) is 26.3 Å². The Hall–Kier alpha value is -1.59. The minimum absolute atomic E-state index is 0.0180. The molecule has 4 nitrogen and oxygen atoms in total. The number of sulfonamides is 1. The highest BCUT2D eigenvalue weighted by atomic mass is 32.2. The SMILES string of the molecule is CC(C)(C)c1ccc(S(=O)(=O)NCCn2cccc2)cc1. The lowest BCUT2D eigenvalue weighted by atomic mass is 9.87. The van der Waals surface area contributed by atoms with Crippen LogP contribution in [0.15, 0.2) is 53.7 Å². The highest BCUT2D eigenvalue weighted by Gasteiger charge is 2.17. The van der Waals surface area contributed by atoms with Gasteiger partial charge in [0.05, 0.1) is 4.90 Å². The molecule has 1 N–H and O–H groups in total. The van der Waals surface area contributed by atoms with E-state index in [0.717, 1.165) is 5.56 Å². The fraction of sp³-hybridized carbons (Fsp3) is 0.375. The van der Waals surface area contributed by atoms with Gasteiger partial charge in [-0.3, -0.25) is 0 Å². The van der Waals surface area contributed by atoms with Crippen LogP contribution in [0.4, 0.5) is 0 Å². The van der Waals surface area contributed by atoms with E-state index >= 15 is 0 Å². The normalized spacial score (nSPS) is 12.5. The molecule has 0 bridgehead atoms. The Balaban J connectivity index is 2.02. The van der Waals surface area contributed by atoms with Crippen molar-refractivity contribution >= 4 is 10.0 Å². The van der Waals surface area contributed by atoms with Crippen molar-refractivity contribution in [1.29, 1.82) is 0 Å². The Morgan fingerprint density at radius 1 is 1.05 bits per heavy atom. The molecule has 21 heavy (non-hydrogen) atoms. The van der Waals surface area contributed by atoms with Gasteiger partial charge < -0.3 is 4.57 Å². The lowest BCUT2D eigenvalue weighted by Gasteiger charge is -2.19. The van der Waals surface area contributed by atoms with Gasteiger partial charge in [-0.25, -0.2) is 13.1 Å². The summed E-state index contributed by atoms with van der Waals surface area (Å²) in [6.07, 6.45) is 3.82. The molecular formula is C16H22N2O2S. The molecule has 1 heterocycles. The van der Waals surface area contributed by atoms with Crippen LogP contribution in [0.5, 0.6) is 0 Å². The molecule has 0 aliphatic carbocycles. The predicted molar refractivity (Wildman–Crippen MR) is 84.8 cm³/mol. The Labute approximate surface area is 126 Å². The fourth-order valence-corrected chi connectivity index (χ4v) is 3.07. The Bertz CT molecular complexity index is 666. The first-order chi connectivity index (χ1) is 9.79. The monoisotopic (exact) mass is 306 g/mol. The van der Waals surface area contributed by atoms with E-state index in [0.29, 0.717) is 18.0 Å². The number of aromatic nitrogens is 1. The third-order valence-electron chi connectivity index (χ3n) is 3.36. The van der Waals surface area contributed by atoms with Crippen molar-refractivity contribution in [2.24, 2.45) is 0 Å². The second-order valence-corrected chi connectivity index (χ2v) is 7.86. The summed E-state index contributed by atoms with van der Waals surface area (Å²) in [7, 11) is -3.44. The lowest BCUT2D eigenvalue weighted by Crippen LogP contribution is -2.27. The molecular weight excluding hydrogens is 284 g/mol. The topological polar surface area (TPSA) is 51.1 Å². The Morgan fingerprint density at radius 2 is 1.62 bits per heavy atom. The third kappa shape index (κ3) is 4.19. The van der Waals surface area contributed by atoms with Crippen LogP contribution in [0.2, 0.25) is 0 Å². The van der Waals surface area contributed by atoms with Gasteiger partial charge in [0.15, 0.2) is 0 Å². The van der Waals surface area contributed by atoms with Crippen molar-refractivity contribution in [3.05, 3.63) is 54.4 Å². The van der Waals surface area contributed by atoms with Crippen molar-refractivity contribution < 1.29 is 8.42 Å². The van der Waals surface area contributed by atoms with Crippen molar-refractivity contribution in [3.8, 4) is 0 Å². The van der Waals surface area contributed by atoms with Crippen LogP contribution in [0.3, 0.4) is 0 Å². The molecule has 0 spiro atoms. The number of hydrogen-bond acceptors (Lipinski definition) is 2. The molecule has 0 unspecified atom stereocenters. The van der Waals surface area contributed by atoms with Gasteiger partial charge in [-0.1, -0.05) is 32.9 Å². The fourth-order valence-electron chi connectivity index (χ4n) is 2.05. The quantitative estimate of drug-likeness (QED) is 0.923. The largest absolute Gasteiger partial charge is 0.353 e. The van der Waals surface area contributed by atoms with Crippen LogP contribution < -0.4 is 4.72 Å². The van der Waals surface area contributed by atoms with Crippen LogP contribution in [0, 0.1) is 0 Å². The van der Waals surface area contributed by atoms with Gasteiger partial charge in [0, 0.05) is 25.5 Å². The van der Waals surface area contributed by atoms with E-state index in [9.17, 15) is 8.42 Å². The van der Waals surface area contributed by atoms with Gasteiger partial charge in [-0.05, 0) is 35.2 Å². The maximum absolute atomic E-state index is 12.2. The summed E-state index contributed by atoms with van der Waals surface area (Å²) < 4.78 is 29.0. The summed E-state index contributed by atoms with van der Waals surface area (Å²) in [6, 6.07) is 10.9. The van der Waals surface area contributed by atoms with Crippen LogP contribution in [-0.2, 0) is 22.0 Å². The molecule has 114 valence electrons. The van der Waals surface area contributed by atoms with Gasteiger partial charge in [0.1, 0.15) is 0 Å². The van der Waals surface area contributed by atoms with Gasteiger partial charge >= 0.3 is 0 Å². The predicted octanol–water partition coefficient (Wildman–Crippen LogP) is 2.76. The molecule has 2 rings (SSSR count). The number of hydrogen-bond donors (Lipinski definition) is 1. The summed E-state index contributed by atoms with van der Waals surface area (Å²) in [5.41, 5.74) is 1.14. The average Bonchev–Trinajstić information content (AvgIpc) is 2.91. The summed E-state index contributed by atoms with van der Waals surface area (Å²) in [6.45, 7) is 7.30. The second-order valence-electron chi connectivity index (χ2n) is 6.09. The van der Waals surface area contributed by atoms with Crippen LogP contribution >= 0.6 is 0 Å². The molecule has 0 aliphatic rings. The average molecular weight is 306 g/mol. The zero-order valence-electron chi connectivity index (χ0n) is 12.7. The molecule has 0 radical (unpaired) electrons. The van der Waals surface area contributed by atoms with E-state index in [1.165, 1.54) is 0 Å². The van der Waals surface area contributed by atoms with E-state index in [1.54, 1.807) is 12.1 Å². The maximum atomic E-state index is 12.2. The zero-order chi connectivity index (χ0) is 15.5. The minimum atomic E-state index is -3.44. The van der Waals surface area contributed by atoms with E-state index in [-0.39, 0.29) is 5.41 Å². The first-order valence-corrected chi connectivity index (χ1v) is 8.48. The molecule has 5 heteroatoms. The number of nitrogens with one attached hydrogen (secondary N) is 1. The molecule has 0 saturated carbocycles. The zero-order valence-corrected chi connectivity index (χ0v) is 13.5. The first-order valence-electron chi connectivity index (χ1n) is 7.00. The van der Waals surface area contributed by atoms with Crippen molar-refractivity contribution in [1.82, 2.24) is 9.29 Å². The highest BCUT2D eigenvalue weighted by Crippen LogP contribution is 2.23. The van der Waals surface area contributed by atoms with Gasteiger partial charge in [0.25, 0.3) is 0 Å². The van der Waals surface area contributed by atoms with Crippen LogP contribution in [-0.4, -0.2) is 19.5 Å².